The third-order valence-corrected chi connectivity index (χ3v) is 3.00. The molecule has 0 aliphatic heterocycles. The van der Waals surface area contributed by atoms with Gasteiger partial charge in [-0.1, -0.05) is 13.0 Å². The Balaban J connectivity index is 2.40. The zero-order chi connectivity index (χ0) is 12.7. The molecule has 0 spiro atoms. The first kappa shape index (κ1) is 13.7. The summed E-state index contributed by atoms with van der Waals surface area (Å²) in [5.41, 5.74) is 3.18. The Morgan fingerprint density at radius 3 is 2.76 bits per heavy atom. The van der Waals surface area contributed by atoms with Crippen LogP contribution in [0.4, 0.5) is 0 Å². The molecule has 0 saturated heterocycles. The van der Waals surface area contributed by atoms with Crippen LogP contribution in [0.2, 0.25) is 0 Å². The maximum absolute atomic E-state index is 8.78. The van der Waals surface area contributed by atoms with E-state index >= 15 is 0 Å². The van der Waals surface area contributed by atoms with Crippen LogP contribution in [0.1, 0.15) is 23.6 Å². The van der Waals surface area contributed by atoms with Crippen molar-refractivity contribution in [1.82, 2.24) is 10.2 Å². The fourth-order valence-corrected chi connectivity index (χ4v) is 1.61. The van der Waals surface area contributed by atoms with E-state index in [1.54, 1.807) is 0 Å². The highest BCUT2D eigenvalue weighted by Gasteiger charge is 2.00. The fourth-order valence-electron chi connectivity index (χ4n) is 1.61. The highest BCUT2D eigenvalue weighted by atomic mass is 15.1. The van der Waals surface area contributed by atoms with Gasteiger partial charge in [0.15, 0.2) is 0 Å². The maximum Gasteiger partial charge on any atom is 0.0991 e. The smallest absolute Gasteiger partial charge is 0.0991 e. The normalized spacial score (nSPS) is 10.5. The van der Waals surface area contributed by atoms with Gasteiger partial charge in [0.2, 0.25) is 0 Å². The van der Waals surface area contributed by atoms with E-state index in [0.29, 0.717) is 0 Å². The van der Waals surface area contributed by atoms with Crippen LogP contribution in [0, 0.1) is 18.3 Å². The lowest BCUT2D eigenvalue weighted by molar-refractivity contribution is 0.349. The van der Waals surface area contributed by atoms with Crippen molar-refractivity contribution in [2.75, 3.05) is 26.7 Å². The van der Waals surface area contributed by atoms with Gasteiger partial charge in [0.1, 0.15) is 0 Å². The van der Waals surface area contributed by atoms with Crippen molar-refractivity contribution >= 4 is 0 Å². The van der Waals surface area contributed by atoms with Gasteiger partial charge in [0.25, 0.3) is 0 Å². The minimum atomic E-state index is 0.733. The molecule has 3 nitrogen and oxygen atoms in total. The molecule has 92 valence electrons. The summed E-state index contributed by atoms with van der Waals surface area (Å²) in [6, 6.07) is 8.01. The van der Waals surface area contributed by atoms with E-state index in [1.165, 1.54) is 11.1 Å². The fraction of sp³-hybridized carbons (Fsp3) is 0.500. The number of likely N-dealkylation sites (N-methyl/N-ethyl adjacent to an activating group) is 1. The van der Waals surface area contributed by atoms with Crippen LogP contribution in [0.5, 0.6) is 0 Å². The van der Waals surface area contributed by atoms with Crippen molar-refractivity contribution in [1.29, 1.82) is 5.26 Å². The number of nitrogens with one attached hydrogen (secondary N) is 1. The number of hydrogen-bond donors (Lipinski definition) is 1. The summed E-state index contributed by atoms with van der Waals surface area (Å²) in [5.74, 6) is 0. The van der Waals surface area contributed by atoms with Gasteiger partial charge >= 0.3 is 0 Å². The first-order valence-corrected chi connectivity index (χ1v) is 6.06. The average molecular weight is 231 g/mol. The highest BCUT2D eigenvalue weighted by Crippen LogP contribution is 2.10. The second-order valence-electron chi connectivity index (χ2n) is 4.33. The first-order valence-electron chi connectivity index (χ1n) is 6.06. The summed E-state index contributed by atoms with van der Waals surface area (Å²) in [4.78, 5) is 2.28. The Bertz CT molecular complexity index is 393. The van der Waals surface area contributed by atoms with Gasteiger partial charge in [0, 0.05) is 19.6 Å². The van der Waals surface area contributed by atoms with E-state index in [0.717, 1.165) is 31.7 Å². The number of nitriles is 1. The lowest BCUT2D eigenvalue weighted by Gasteiger charge is -2.14. The summed E-state index contributed by atoms with van der Waals surface area (Å²) < 4.78 is 0. The molecule has 0 fully saturated rings. The van der Waals surface area contributed by atoms with Crippen molar-refractivity contribution in [3.63, 3.8) is 0 Å². The summed E-state index contributed by atoms with van der Waals surface area (Å²) in [7, 11) is 2.12. The molecule has 3 heteroatoms. The van der Waals surface area contributed by atoms with Crippen LogP contribution >= 0.6 is 0 Å². The first-order chi connectivity index (χ1) is 8.17. The van der Waals surface area contributed by atoms with Crippen LogP contribution in [-0.4, -0.2) is 31.6 Å². The molecule has 0 heterocycles. The van der Waals surface area contributed by atoms with Gasteiger partial charge in [-0.3, -0.25) is 0 Å². The SMILES string of the molecule is CCN(C)CCNCc1ccc(C#N)cc1C. The quantitative estimate of drug-likeness (QED) is 0.760. The van der Waals surface area contributed by atoms with E-state index in [2.05, 4.69) is 37.2 Å². The summed E-state index contributed by atoms with van der Waals surface area (Å²) >= 11 is 0. The van der Waals surface area contributed by atoms with E-state index < -0.39 is 0 Å². The molecule has 0 unspecified atom stereocenters. The second kappa shape index (κ2) is 7.05. The van der Waals surface area contributed by atoms with Crippen molar-refractivity contribution in [2.45, 2.75) is 20.4 Å². The van der Waals surface area contributed by atoms with Crippen molar-refractivity contribution in [3.8, 4) is 6.07 Å². The molecule has 0 atom stereocenters. The molecule has 0 bridgehead atoms. The lowest BCUT2D eigenvalue weighted by atomic mass is 10.1. The number of nitrogens with zero attached hydrogens (tertiary/aromatic N) is 2. The number of benzene rings is 1. The van der Waals surface area contributed by atoms with Gasteiger partial charge in [0.05, 0.1) is 11.6 Å². The zero-order valence-corrected chi connectivity index (χ0v) is 11.0. The lowest BCUT2D eigenvalue weighted by Crippen LogP contribution is -2.28. The predicted octanol–water partition coefficient (Wildman–Crippen LogP) is 1.91. The van der Waals surface area contributed by atoms with E-state index in [9.17, 15) is 0 Å². The molecule has 0 aliphatic carbocycles. The van der Waals surface area contributed by atoms with Crippen LogP contribution in [-0.2, 0) is 6.54 Å². The van der Waals surface area contributed by atoms with Gasteiger partial charge in [-0.05, 0) is 43.8 Å². The topological polar surface area (TPSA) is 39.1 Å². The number of hydrogen-bond acceptors (Lipinski definition) is 3. The minimum Gasteiger partial charge on any atom is -0.311 e. The molecule has 1 N–H and O–H groups in total. The molecular weight excluding hydrogens is 210 g/mol. The van der Waals surface area contributed by atoms with E-state index in [4.69, 9.17) is 5.26 Å². The van der Waals surface area contributed by atoms with Crippen LogP contribution < -0.4 is 5.32 Å². The molecule has 1 aromatic carbocycles. The molecule has 0 aliphatic rings. The van der Waals surface area contributed by atoms with Crippen molar-refractivity contribution in [3.05, 3.63) is 34.9 Å². The van der Waals surface area contributed by atoms with Crippen LogP contribution in [0.25, 0.3) is 0 Å². The Morgan fingerprint density at radius 1 is 1.41 bits per heavy atom. The molecule has 17 heavy (non-hydrogen) atoms. The average Bonchev–Trinajstić information content (AvgIpc) is 2.35. The summed E-state index contributed by atoms with van der Waals surface area (Å²) in [5, 5.41) is 12.2. The second-order valence-corrected chi connectivity index (χ2v) is 4.33. The van der Waals surface area contributed by atoms with Gasteiger partial charge in [-0.15, -0.1) is 0 Å². The Hall–Kier alpha value is -1.37. The van der Waals surface area contributed by atoms with Gasteiger partial charge in [-0.25, -0.2) is 0 Å². The molecule has 1 aromatic rings. The molecule has 0 amide bonds. The third-order valence-electron chi connectivity index (χ3n) is 3.00. The summed E-state index contributed by atoms with van der Waals surface area (Å²) in [6.07, 6.45) is 0. The van der Waals surface area contributed by atoms with E-state index in [1.807, 2.05) is 18.2 Å². The molecule has 1 rings (SSSR count). The summed E-state index contributed by atoms with van der Waals surface area (Å²) in [6.45, 7) is 8.21. The van der Waals surface area contributed by atoms with Gasteiger partial charge < -0.3 is 10.2 Å². The maximum atomic E-state index is 8.78. The zero-order valence-electron chi connectivity index (χ0n) is 11.0. The molecule has 0 radical (unpaired) electrons. The minimum absolute atomic E-state index is 0.733. The Morgan fingerprint density at radius 2 is 2.18 bits per heavy atom. The Kier molecular flexibility index (Phi) is 5.68. The predicted molar refractivity (Wildman–Crippen MR) is 70.8 cm³/mol. The number of rotatable bonds is 6. The van der Waals surface area contributed by atoms with E-state index in [-0.39, 0.29) is 0 Å². The Labute approximate surface area is 104 Å². The molecule has 0 saturated carbocycles. The van der Waals surface area contributed by atoms with Crippen molar-refractivity contribution < 1.29 is 0 Å². The molecule has 0 aromatic heterocycles. The van der Waals surface area contributed by atoms with Crippen LogP contribution in [0.15, 0.2) is 18.2 Å². The largest absolute Gasteiger partial charge is 0.311 e. The van der Waals surface area contributed by atoms with Crippen LogP contribution in [0.3, 0.4) is 0 Å². The molecular formula is C14H21N3. The highest BCUT2D eigenvalue weighted by molar-refractivity contribution is 5.37. The third kappa shape index (κ3) is 4.56. The number of aryl methyl sites for hydroxylation is 1. The monoisotopic (exact) mass is 231 g/mol. The standard InChI is InChI=1S/C14H21N3/c1-4-17(3)8-7-16-11-14-6-5-13(10-15)9-12(14)2/h5-6,9,16H,4,7-8,11H2,1-3H3. The van der Waals surface area contributed by atoms with Crippen molar-refractivity contribution in [2.24, 2.45) is 0 Å². The van der Waals surface area contributed by atoms with Gasteiger partial charge in [-0.2, -0.15) is 5.26 Å².